The zero-order chi connectivity index (χ0) is 12.3. The first-order valence-electron chi connectivity index (χ1n) is 5.98. The molecule has 4 heteroatoms. The molecule has 1 aromatic rings. The highest BCUT2D eigenvalue weighted by molar-refractivity contribution is 6.32. The van der Waals surface area contributed by atoms with Crippen molar-refractivity contribution in [1.29, 1.82) is 0 Å². The molecular formula is C13H19ClN2O. The molecule has 1 aliphatic heterocycles. The Labute approximate surface area is 108 Å². The molecule has 1 atom stereocenters. The molecule has 1 heterocycles. The summed E-state index contributed by atoms with van der Waals surface area (Å²) in [5, 5.41) is 4.17. The van der Waals surface area contributed by atoms with Gasteiger partial charge in [0.25, 0.3) is 0 Å². The van der Waals surface area contributed by atoms with Gasteiger partial charge in [-0.05, 0) is 18.6 Å². The summed E-state index contributed by atoms with van der Waals surface area (Å²) >= 11 is 6.30. The normalized spacial score (nSPS) is 21.5. The molecule has 0 aliphatic carbocycles. The summed E-state index contributed by atoms with van der Waals surface area (Å²) in [6.45, 7) is 6.27. The number of hydrogen-bond donors (Lipinski definition) is 1. The maximum absolute atomic E-state index is 6.30. The van der Waals surface area contributed by atoms with Crippen LogP contribution in [-0.4, -0.2) is 37.7 Å². The summed E-state index contributed by atoms with van der Waals surface area (Å²) < 4.78 is 5.23. The van der Waals surface area contributed by atoms with Gasteiger partial charge < -0.3 is 10.1 Å². The molecule has 0 bridgehead atoms. The minimum Gasteiger partial charge on any atom is -0.495 e. The quantitative estimate of drug-likeness (QED) is 0.895. The minimum atomic E-state index is 0.549. The molecule has 1 saturated heterocycles. The highest BCUT2D eigenvalue weighted by Gasteiger charge is 2.17. The highest BCUT2D eigenvalue weighted by Crippen LogP contribution is 2.28. The molecule has 0 radical (unpaired) electrons. The molecule has 0 spiro atoms. The lowest BCUT2D eigenvalue weighted by molar-refractivity contribution is 0.199. The minimum absolute atomic E-state index is 0.549. The van der Waals surface area contributed by atoms with Crippen molar-refractivity contribution in [3.05, 3.63) is 28.8 Å². The van der Waals surface area contributed by atoms with E-state index in [9.17, 15) is 0 Å². The summed E-state index contributed by atoms with van der Waals surface area (Å²) in [5.41, 5.74) is 1.14. The Morgan fingerprint density at radius 1 is 1.53 bits per heavy atom. The van der Waals surface area contributed by atoms with E-state index in [1.807, 2.05) is 12.1 Å². The van der Waals surface area contributed by atoms with Crippen molar-refractivity contribution >= 4 is 11.6 Å². The number of rotatable bonds is 3. The molecule has 2 rings (SSSR count). The van der Waals surface area contributed by atoms with Crippen LogP contribution < -0.4 is 10.1 Å². The molecule has 0 saturated carbocycles. The predicted octanol–water partition coefficient (Wildman–Crippen LogP) is 2.14. The molecule has 0 amide bonds. The average Bonchev–Trinajstić information content (AvgIpc) is 2.32. The first-order valence-corrected chi connectivity index (χ1v) is 6.35. The number of ether oxygens (including phenoxy) is 1. The molecular weight excluding hydrogens is 236 g/mol. The molecule has 17 heavy (non-hydrogen) atoms. The standard InChI is InChI=1S/C13H19ClN2O/c1-10-8-16(7-6-15-10)9-11-4-3-5-12(17-2)13(11)14/h3-5,10,15H,6-9H2,1-2H3/t10-/m1/s1. The van der Waals surface area contributed by atoms with E-state index < -0.39 is 0 Å². The zero-order valence-electron chi connectivity index (χ0n) is 10.4. The molecule has 1 aliphatic rings. The van der Waals surface area contributed by atoms with Gasteiger partial charge in [-0.3, -0.25) is 4.90 Å². The van der Waals surface area contributed by atoms with Gasteiger partial charge in [-0.25, -0.2) is 0 Å². The fraction of sp³-hybridized carbons (Fsp3) is 0.538. The number of halogens is 1. The topological polar surface area (TPSA) is 24.5 Å². The number of benzene rings is 1. The molecule has 1 fully saturated rings. The Morgan fingerprint density at radius 3 is 3.06 bits per heavy atom. The van der Waals surface area contributed by atoms with Gasteiger partial charge in [0.15, 0.2) is 0 Å². The number of nitrogens with zero attached hydrogens (tertiary/aromatic N) is 1. The van der Waals surface area contributed by atoms with Gasteiger partial charge in [-0.15, -0.1) is 0 Å². The lowest BCUT2D eigenvalue weighted by Gasteiger charge is -2.32. The van der Waals surface area contributed by atoms with Crippen LogP contribution in [0.5, 0.6) is 5.75 Å². The summed E-state index contributed by atoms with van der Waals surface area (Å²) in [4.78, 5) is 2.42. The van der Waals surface area contributed by atoms with Crippen LogP contribution in [0.15, 0.2) is 18.2 Å². The third-order valence-electron chi connectivity index (χ3n) is 3.11. The lowest BCUT2D eigenvalue weighted by atomic mass is 10.1. The van der Waals surface area contributed by atoms with E-state index in [4.69, 9.17) is 16.3 Å². The maximum atomic E-state index is 6.30. The van der Waals surface area contributed by atoms with Gasteiger partial charge >= 0.3 is 0 Å². The van der Waals surface area contributed by atoms with E-state index in [-0.39, 0.29) is 0 Å². The van der Waals surface area contributed by atoms with Crippen LogP contribution in [0, 0.1) is 0 Å². The SMILES string of the molecule is COc1cccc(CN2CCN[C@H](C)C2)c1Cl. The lowest BCUT2D eigenvalue weighted by Crippen LogP contribution is -2.48. The third-order valence-corrected chi connectivity index (χ3v) is 3.54. The van der Waals surface area contributed by atoms with Crippen LogP contribution in [0.25, 0.3) is 0 Å². The van der Waals surface area contributed by atoms with E-state index >= 15 is 0 Å². The molecule has 1 aromatic carbocycles. The smallest absolute Gasteiger partial charge is 0.137 e. The van der Waals surface area contributed by atoms with Gasteiger partial charge in [-0.1, -0.05) is 23.7 Å². The van der Waals surface area contributed by atoms with E-state index in [0.717, 1.165) is 42.5 Å². The molecule has 3 nitrogen and oxygen atoms in total. The maximum Gasteiger partial charge on any atom is 0.137 e. The van der Waals surface area contributed by atoms with E-state index in [1.54, 1.807) is 7.11 Å². The Balaban J connectivity index is 2.07. The third kappa shape index (κ3) is 3.12. The number of nitrogens with one attached hydrogen (secondary N) is 1. The van der Waals surface area contributed by atoms with Crippen molar-refractivity contribution in [3.8, 4) is 5.75 Å². The largest absolute Gasteiger partial charge is 0.495 e. The number of methoxy groups -OCH3 is 1. The predicted molar refractivity (Wildman–Crippen MR) is 70.7 cm³/mol. The second-order valence-electron chi connectivity index (χ2n) is 4.52. The van der Waals surface area contributed by atoms with Gasteiger partial charge in [0.1, 0.15) is 5.75 Å². The van der Waals surface area contributed by atoms with Crippen LogP contribution in [0.4, 0.5) is 0 Å². The highest BCUT2D eigenvalue weighted by atomic mass is 35.5. The molecule has 0 aromatic heterocycles. The molecule has 0 unspecified atom stereocenters. The number of piperazine rings is 1. The van der Waals surface area contributed by atoms with Gasteiger partial charge in [-0.2, -0.15) is 0 Å². The van der Waals surface area contributed by atoms with Crippen LogP contribution in [0.3, 0.4) is 0 Å². The van der Waals surface area contributed by atoms with Gasteiger partial charge in [0.05, 0.1) is 12.1 Å². The Kier molecular flexibility index (Phi) is 4.26. The first kappa shape index (κ1) is 12.7. The summed E-state index contributed by atoms with van der Waals surface area (Å²) in [5.74, 6) is 0.757. The second-order valence-corrected chi connectivity index (χ2v) is 4.90. The van der Waals surface area contributed by atoms with E-state index in [1.165, 1.54) is 0 Å². The van der Waals surface area contributed by atoms with Crippen LogP contribution >= 0.6 is 11.6 Å². The van der Waals surface area contributed by atoms with Crippen molar-refractivity contribution in [2.45, 2.75) is 19.5 Å². The summed E-state index contributed by atoms with van der Waals surface area (Å²) in [6, 6.07) is 6.50. The molecule has 1 N–H and O–H groups in total. The van der Waals surface area contributed by atoms with Gasteiger partial charge in [0.2, 0.25) is 0 Å². The van der Waals surface area contributed by atoms with Crippen LogP contribution in [0.2, 0.25) is 5.02 Å². The fourth-order valence-corrected chi connectivity index (χ4v) is 2.50. The van der Waals surface area contributed by atoms with Crippen molar-refractivity contribution < 1.29 is 4.74 Å². The second kappa shape index (κ2) is 5.71. The molecule has 94 valence electrons. The van der Waals surface area contributed by atoms with Crippen molar-refractivity contribution in [2.24, 2.45) is 0 Å². The van der Waals surface area contributed by atoms with Crippen molar-refractivity contribution in [1.82, 2.24) is 10.2 Å². The van der Waals surface area contributed by atoms with E-state index in [2.05, 4.69) is 23.2 Å². The Morgan fingerprint density at radius 2 is 2.35 bits per heavy atom. The monoisotopic (exact) mass is 254 g/mol. The number of hydrogen-bond acceptors (Lipinski definition) is 3. The summed E-state index contributed by atoms with van der Waals surface area (Å²) in [7, 11) is 1.65. The van der Waals surface area contributed by atoms with Crippen molar-refractivity contribution in [2.75, 3.05) is 26.7 Å². The zero-order valence-corrected chi connectivity index (χ0v) is 11.1. The van der Waals surface area contributed by atoms with Crippen molar-refractivity contribution in [3.63, 3.8) is 0 Å². The Bertz CT molecular complexity index is 384. The fourth-order valence-electron chi connectivity index (χ4n) is 2.23. The van der Waals surface area contributed by atoms with Gasteiger partial charge in [0, 0.05) is 32.2 Å². The Hall–Kier alpha value is -0.770. The summed E-state index contributed by atoms with van der Waals surface area (Å²) in [6.07, 6.45) is 0. The first-order chi connectivity index (χ1) is 8.20. The van der Waals surface area contributed by atoms with E-state index in [0.29, 0.717) is 6.04 Å². The van der Waals surface area contributed by atoms with Crippen LogP contribution in [0.1, 0.15) is 12.5 Å². The van der Waals surface area contributed by atoms with Crippen LogP contribution in [-0.2, 0) is 6.54 Å². The average molecular weight is 255 g/mol.